The van der Waals surface area contributed by atoms with Gasteiger partial charge in [-0.15, -0.1) is 0 Å². The Morgan fingerprint density at radius 2 is 1.33 bits per heavy atom. The first kappa shape index (κ1) is 9.17. The third kappa shape index (κ3) is 2.03. The van der Waals surface area contributed by atoms with E-state index in [-0.39, 0.29) is 5.41 Å². The molecule has 0 fully saturated rings. The number of hydrogen-bond donors (Lipinski definition) is 0. The van der Waals surface area contributed by atoms with Gasteiger partial charge in [0.25, 0.3) is 0 Å². The molecule has 0 saturated carbocycles. The molecular formula is C10H12F2. The van der Waals surface area contributed by atoms with Gasteiger partial charge in [-0.3, -0.25) is 0 Å². The molecule has 1 aromatic rings. The Labute approximate surface area is 71.2 Å². The van der Waals surface area contributed by atoms with Crippen LogP contribution in [0.15, 0.2) is 18.2 Å². The highest BCUT2D eigenvalue weighted by Crippen LogP contribution is 2.23. The van der Waals surface area contributed by atoms with Gasteiger partial charge in [-0.05, 0) is 23.1 Å². The minimum Gasteiger partial charge on any atom is -0.207 e. The summed E-state index contributed by atoms with van der Waals surface area (Å²) in [5, 5.41) is 0. The number of hydrogen-bond acceptors (Lipinski definition) is 0. The van der Waals surface area contributed by atoms with Crippen molar-refractivity contribution < 1.29 is 8.78 Å². The summed E-state index contributed by atoms with van der Waals surface area (Å²) in [6, 6.07) is 3.61. The van der Waals surface area contributed by atoms with Gasteiger partial charge in [0.15, 0.2) is 0 Å². The van der Waals surface area contributed by atoms with Crippen molar-refractivity contribution in [3.05, 3.63) is 35.4 Å². The van der Waals surface area contributed by atoms with E-state index in [9.17, 15) is 8.78 Å². The number of halogens is 2. The van der Waals surface area contributed by atoms with Crippen molar-refractivity contribution >= 4 is 0 Å². The van der Waals surface area contributed by atoms with Crippen LogP contribution in [-0.4, -0.2) is 0 Å². The Hall–Kier alpha value is -0.920. The molecule has 66 valence electrons. The molecule has 0 atom stereocenters. The molecule has 0 aliphatic rings. The zero-order valence-electron chi connectivity index (χ0n) is 7.49. The van der Waals surface area contributed by atoms with E-state index < -0.39 is 11.6 Å². The lowest BCUT2D eigenvalue weighted by molar-refractivity contribution is 0.545. The Bertz CT molecular complexity index is 264. The third-order valence-corrected chi connectivity index (χ3v) is 1.73. The summed E-state index contributed by atoms with van der Waals surface area (Å²) in [7, 11) is 0. The molecule has 0 saturated heterocycles. The van der Waals surface area contributed by atoms with Gasteiger partial charge in [-0.25, -0.2) is 8.78 Å². The number of rotatable bonds is 0. The fraction of sp³-hybridized carbons (Fsp3) is 0.400. The molecular weight excluding hydrogens is 158 g/mol. The van der Waals surface area contributed by atoms with Crippen LogP contribution in [0.3, 0.4) is 0 Å². The van der Waals surface area contributed by atoms with Crippen LogP contribution in [-0.2, 0) is 5.41 Å². The summed E-state index contributed by atoms with van der Waals surface area (Å²) >= 11 is 0. The second-order valence-corrected chi connectivity index (χ2v) is 3.91. The van der Waals surface area contributed by atoms with E-state index in [0.29, 0.717) is 5.56 Å². The fourth-order valence-electron chi connectivity index (χ4n) is 0.987. The van der Waals surface area contributed by atoms with E-state index in [0.717, 1.165) is 6.07 Å². The van der Waals surface area contributed by atoms with Crippen molar-refractivity contribution in [1.29, 1.82) is 0 Å². The number of benzene rings is 1. The van der Waals surface area contributed by atoms with Crippen LogP contribution in [0.2, 0.25) is 0 Å². The van der Waals surface area contributed by atoms with Gasteiger partial charge < -0.3 is 0 Å². The molecule has 0 radical (unpaired) electrons. The van der Waals surface area contributed by atoms with Crippen LogP contribution in [0.5, 0.6) is 0 Å². The van der Waals surface area contributed by atoms with Crippen LogP contribution >= 0.6 is 0 Å². The molecule has 0 aliphatic carbocycles. The van der Waals surface area contributed by atoms with E-state index >= 15 is 0 Å². The molecule has 1 aromatic carbocycles. The first-order valence-electron chi connectivity index (χ1n) is 3.86. The predicted molar refractivity (Wildman–Crippen MR) is 45.1 cm³/mol. The van der Waals surface area contributed by atoms with Gasteiger partial charge in [0, 0.05) is 6.07 Å². The maximum absolute atomic E-state index is 12.7. The molecule has 0 heterocycles. The Morgan fingerprint density at radius 3 is 1.67 bits per heavy atom. The van der Waals surface area contributed by atoms with Gasteiger partial charge in [-0.1, -0.05) is 20.8 Å². The van der Waals surface area contributed by atoms with Gasteiger partial charge >= 0.3 is 0 Å². The van der Waals surface area contributed by atoms with Crippen LogP contribution in [0.4, 0.5) is 8.78 Å². The minimum absolute atomic E-state index is 0.205. The van der Waals surface area contributed by atoms with E-state index in [1.807, 2.05) is 20.8 Å². The van der Waals surface area contributed by atoms with Gasteiger partial charge in [0.1, 0.15) is 11.6 Å². The lowest BCUT2D eigenvalue weighted by Crippen LogP contribution is -2.11. The topological polar surface area (TPSA) is 0 Å². The highest BCUT2D eigenvalue weighted by Gasteiger charge is 2.15. The van der Waals surface area contributed by atoms with Crippen molar-refractivity contribution in [1.82, 2.24) is 0 Å². The molecule has 0 aromatic heterocycles. The molecule has 0 spiro atoms. The maximum Gasteiger partial charge on any atom is 0.126 e. The summed E-state index contributed by atoms with van der Waals surface area (Å²) in [5.74, 6) is -1.03. The standard InChI is InChI=1S/C10H12F2/c1-10(2,3)7-4-8(11)6-9(12)5-7/h4-6H,1-3H3. The largest absolute Gasteiger partial charge is 0.207 e. The van der Waals surface area contributed by atoms with Crippen LogP contribution in [0, 0.1) is 11.6 Å². The summed E-state index contributed by atoms with van der Waals surface area (Å²) < 4.78 is 25.4. The quantitative estimate of drug-likeness (QED) is 0.560. The summed E-state index contributed by atoms with van der Waals surface area (Å²) in [5.41, 5.74) is 0.475. The van der Waals surface area contributed by atoms with E-state index in [1.54, 1.807) is 0 Å². The van der Waals surface area contributed by atoms with Crippen LogP contribution in [0.1, 0.15) is 26.3 Å². The van der Waals surface area contributed by atoms with Gasteiger partial charge in [0.2, 0.25) is 0 Å². The molecule has 1 rings (SSSR count). The van der Waals surface area contributed by atoms with Crippen molar-refractivity contribution in [3.8, 4) is 0 Å². The molecule has 0 unspecified atom stereocenters. The Morgan fingerprint density at radius 1 is 0.917 bits per heavy atom. The zero-order valence-corrected chi connectivity index (χ0v) is 7.49. The monoisotopic (exact) mass is 170 g/mol. The van der Waals surface area contributed by atoms with Gasteiger partial charge in [0.05, 0.1) is 0 Å². The normalized spacial score (nSPS) is 11.8. The molecule has 0 amide bonds. The SMILES string of the molecule is CC(C)(C)c1cc(F)cc(F)c1. The molecule has 0 bridgehead atoms. The lowest BCUT2D eigenvalue weighted by atomic mass is 9.87. The molecule has 2 heteroatoms. The predicted octanol–water partition coefficient (Wildman–Crippen LogP) is 3.26. The van der Waals surface area contributed by atoms with E-state index in [1.165, 1.54) is 12.1 Å². The second kappa shape index (κ2) is 2.85. The van der Waals surface area contributed by atoms with Crippen molar-refractivity contribution in [2.45, 2.75) is 26.2 Å². The molecule has 12 heavy (non-hydrogen) atoms. The van der Waals surface area contributed by atoms with Crippen molar-refractivity contribution in [2.75, 3.05) is 0 Å². The average molecular weight is 170 g/mol. The lowest BCUT2D eigenvalue weighted by Gasteiger charge is -2.18. The van der Waals surface area contributed by atoms with E-state index in [2.05, 4.69) is 0 Å². The van der Waals surface area contributed by atoms with Crippen molar-refractivity contribution in [2.24, 2.45) is 0 Å². The minimum atomic E-state index is -0.514. The smallest absolute Gasteiger partial charge is 0.126 e. The summed E-state index contributed by atoms with van der Waals surface area (Å²) in [6.45, 7) is 5.75. The third-order valence-electron chi connectivity index (χ3n) is 1.73. The summed E-state index contributed by atoms with van der Waals surface area (Å²) in [4.78, 5) is 0. The highest BCUT2D eigenvalue weighted by atomic mass is 19.1. The van der Waals surface area contributed by atoms with Crippen molar-refractivity contribution in [3.63, 3.8) is 0 Å². The Balaban J connectivity index is 3.18. The van der Waals surface area contributed by atoms with Crippen LogP contribution in [0.25, 0.3) is 0 Å². The maximum atomic E-state index is 12.7. The second-order valence-electron chi connectivity index (χ2n) is 3.91. The fourth-order valence-corrected chi connectivity index (χ4v) is 0.987. The van der Waals surface area contributed by atoms with Gasteiger partial charge in [-0.2, -0.15) is 0 Å². The van der Waals surface area contributed by atoms with Crippen LogP contribution < -0.4 is 0 Å². The first-order valence-corrected chi connectivity index (χ1v) is 3.86. The summed E-state index contributed by atoms with van der Waals surface area (Å²) in [6.07, 6.45) is 0. The molecule has 0 nitrogen and oxygen atoms in total. The first-order chi connectivity index (χ1) is 5.39. The molecule has 0 N–H and O–H groups in total. The Kier molecular flexibility index (Phi) is 2.18. The average Bonchev–Trinajstić information content (AvgIpc) is 1.82. The van der Waals surface area contributed by atoms with E-state index in [4.69, 9.17) is 0 Å². The molecule has 0 aliphatic heterocycles. The highest BCUT2D eigenvalue weighted by molar-refractivity contribution is 5.24. The zero-order chi connectivity index (χ0) is 9.35.